The van der Waals surface area contributed by atoms with Crippen molar-refractivity contribution in [1.29, 1.82) is 0 Å². The van der Waals surface area contributed by atoms with Gasteiger partial charge in [0.05, 0.1) is 5.38 Å². The van der Waals surface area contributed by atoms with Gasteiger partial charge in [0.2, 0.25) is 0 Å². The second kappa shape index (κ2) is 4.61. The number of thiophene rings is 2. The Labute approximate surface area is 115 Å². The standard InChI is InChI=1S/C13H7ClF2S2/c14-13(8-5-7(15)1-2-9(8)16)12-6-11-10(18-12)3-4-17-11/h1-6,13H. The van der Waals surface area contributed by atoms with E-state index in [0.717, 1.165) is 32.5 Å². The van der Waals surface area contributed by atoms with Crippen LogP contribution in [0.1, 0.15) is 15.8 Å². The summed E-state index contributed by atoms with van der Waals surface area (Å²) in [5.41, 5.74) is 0.186. The second-order valence-corrected chi connectivity index (χ2v) is 6.33. The predicted molar refractivity (Wildman–Crippen MR) is 73.8 cm³/mol. The molecule has 0 nitrogen and oxygen atoms in total. The fourth-order valence-electron chi connectivity index (χ4n) is 1.77. The maximum Gasteiger partial charge on any atom is 0.128 e. The van der Waals surface area contributed by atoms with Crippen molar-refractivity contribution in [2.75, 3.05) is 0 Å². The predicted octanol–water partition coefficient (Wildman–Crippen LogP) is 5.57. The number of alkyl halides is 1. The van der Waals surface area contributed by atoms with Gasteiger partial charge in [0.25, 0.3) is 0 Å². The van der Waals surface area contributed by atoms with Crippen LogP contribution in [0.3, 0.4) is 0 Å². The lowest BCUT2D eigenvalue weighted by Gasteiger charge is -2.08. The van der Waals surface area contributed by atoms with Gasteiger partial charge in [0, 0.05) is 19.8 Å². The van der Waals surface area contributed by atoms with Crippen molar-refractivity contribution in [1.82, 2.24) is 0 Å². The first-order valence-electron chi connectivity index (χ1n) is 5.21. The molecule has 3 rings (SSSR count). The molecule has 0 aliphatic heterocycles. The molecular weight excluding hydrogens is 294 g/mol. The SMILES string of the molecule is Fc1ccc(F)c(C(Cl)c2cc3sccc3s2)c1. The number of fused-ring (bicyclic) bond motifs is 1. The van der Waals surface area contributed by atoms with Crippen LogP contribution in [0.15, 0.2) is 35.7 Å². The second-order valence-electron chi connectivity index (χ2n) is 3.83. The van der Waals surface area contributed by atoms with E-state index < -0.39 is 17.0 Å². The molecular formula is C13H7ClF2S2. The van der Waals surface area contributed by atoms with E-state index in [1.54, 1.807) is 11.3 Å². The zero-order valence-electron chi connectivity index (χ0n) is 8.99. The smallest absolute Gasteiger partial charge is 0.128 e. The van der Waals surface area contributed by atoms with Gasteiger partial charge < -0.3 is 0 Å². The molecule has 0 aliphatic carbocycles. The molecule has 0 aliphatic rings. The Bertz CT molecular complexity index is 673. The highest BCUT2D eigenvalue weighted by molar-refractivity contribution is 7.27. The van der Waals surface area contributed by atoms with Gasteiger partial charge in [-0.05, 0) is 35.7 Å². The van der Waals surface area contributed by atoms with Crippen LogP contribution in [0.5, 0.6) is 0 Å². The minimum Gasteiger partial charge on any atom is -0.207 e. The van der Waals surface area contributed by atoms with Crippen molar-refractivity contribution in [3.05, 3.63) is 57.8 Å². The monoisotopic (exact) mass is 300 g/mol. The zero-order chi connectivity index (χ0) is 12.7. The minimum absolute atomic E-state index is 0.186. The maximum atomic E-state index is 13.6. The number of halogens is 3. The number of hydrogen-bond acceptors (Lipinski definition) is 2. The fraction of sp³-hybridized carbons (Fsp3) is 0.0769. The summed E-state index contributed by atoms with van der Waals surface area (Å²) >= 11 is 9.37. The molecule has 18 heavy (non-hydrogen) atoms. The molecule has 0 amide bonds. The third-order valence-corrected chi connectivity index (χ3v) is 5.40. The molecule has 3 aromatic rings. The Hall–Kier alpha value is -0.970. The molecule has 1 atom stereocenters. The normalized spacial score (nSPS) is 13.1. The van der Waals surface area contributed by atoms with E-state index in [2.05, 4.69) is 0 Å². The molecule has 0 bridgehead atoms. The molecule has 0 saturated heterocycles. The Kier molecular flexibility index (Phi) is 3.09. The summed E-state index contributed by atoms with van der Waals surface area (Å²) in [7, 11) is 0. The van der Waals surface area contributed by atoms with Gasteiger partial charge in [-0.2, -0.15) is 0 Å². The van der Waals surface area contributed by atoms with Crippen LogP contribution < -0.4 is 0 Å². The lowest BCUT2D eigenvalue weighted by atomic mass is 10.1. The first-order chi connectivity index (χ1) is 8.65. The van der Waals surface area contributed by atoms with Crippen molar-refractivity contribution in [3.63, 3.8) is 0 Å². The van der Waals surface area contributed by atoms with Crippen molar-refractivity contribution in [2.24, 2.45) is 0 Å². The van der Waals surface area contributed by atoms with E-state index in [-0.39, 0.29) is 5.56 Å². The van der Waals surface area contributed by atoms with E-state index in [9.17, 15) is 8.78 Å². The van der Waals surface area contributed by atoms with E-state index in [1.165, 1.54) is 11.3 Å². The minimum atomic E-state index is -0.648. The molecule has 1 unspecified atom stereocenters. The average molecular weight is 301 g/mol. The first kappa shape index (κ1) is 12.1. The molecule has 0 radical (unpaired) electrons. The molecule has 2 heterocycles. The number of benzene rings is 1. The highest BCUT2D eigenvalue weighted by atomic mass is 35.5. The summed E-state index contributed by atoms with van der Waals surface area (Å²) in [6, 6.07) is 7.29. The molecule has 92 valence electrons. The molecule has 0 saturated carbocycles. The van der Waals surface area contributed by atoms with Gasteiger partial charge in [-0.1, -0.05) is 0 Å². The van der Waals surface area contributed by atoms with Crippen molar-refractivity contribution in [2.45, 2.75) is 5.38 Å². The van der Waals surface area contributed by atoms with Gasteiger partial charge in [-0.25, -0.2) is 8.78 Å². The summed E-state index contributed by atoms with van der Waals surface area (Å²) in [5, 5.41) is 1.35. The summed E-state index contributed by atoms with van der Waals surface area (Å²) in [6.45, 7) is 0. The number of rotatable bonds is 2. The van der Waals surface area contributed by atoms with E-state index in [1.807, 2.05) is 17.5 Å². The van der Waals surface area contributed by atoms with Crippen molar-refractivity contribution >= 4 is 43.7 Å². The van der Waals surface area contributed by atoms with Gasteiger partial charge in [0.15, 0.2) is 0 Å². The quantitative estimate of drug-likeness (QED) is 0.543. The average Bonchev–Trinajstić information content (AvgIpc) is 2.91. The van der Waals surface area contributed by atoms with Gasteiger partial charge in [-0.15, -0.1) is 34.3 Å². The lowest BCUT2D eigenvalue weighted by Crippen LogP contribution is -1.95. The molecule has 0 fully saturated rings. The highest BCUT2D eigenvalue weighted by Crippen LogP contribution is 2.39. The van der Waals surface area contributed by atoms with E-state index in [0.29, 0.717) is 0 Å². The summed E-state index contributed by atoms with van der Waals surface area (Å²) in [5.74, 6) is -0.955. The molecule has 5 heteroatoms. The summed E-state index contributed by atoms with van der Waals surface area (Å²) in [4.78, 5) is 0.836. The Morgan fingerprint density at radius 1 is 1.06 bits per heavy atom. The Morgan fingerprint density at radius 3 is 2.67 bits per heavy atom. The lowest BCUT2D eigenvalue weighted by molar-refractivity contribution is 0.587. The van der Waals surface area contributed by atoms with Crippen LogP contribution in [-0.4, -0.2) is 0 Å². The molecule has 0 spiro atoms. The third kappa shape index (κ3) is 2.05. The van der Waals surface area contributed by atoms with Crippen molar-refractivity contribution in [3.8, 4) is 0 Å². The molecule has 2 aromatic heterocycles. The van der Waals surface area contributed by atoms with Crippen LogP contribution >= 0.6 is 34.3 Å². The van der Waals surface area contributed by atoms with Gasteiger partial charge >= 0.3 is 0 Å². The van der Waals surface area contributed by atoms with Gasteiger partial charge in [0.1, 0.15) is 11.6 Å². The van der Waals surface area contributed by atoms with Crippen molar-refractivity contribution < 1.29 is 8.78 Å². The van der Waals surface area contributed by atoms with Gasteiger partial charge in [-0.3, -0.25) is 0 Å². The number of hydrogen-bond donors (Lipinski definition) is 0. The van der Waals surface area contributed by atoms with Crippen LogP contribution in [0, 0.1) is 11.6 Å². The Balaban J connectivity index is 2.05. The van der Waals surface area contributed by atoms with Crippen LogP contribution in [0.2, 0.25) is 0 Å². The Morgan fingerprint density at radius 2 is 1.89 bits per heavy atom. The highest BCUT2D eigenvalue weighted by Gasteiger charge is 2.18. The molecule has 1 aromatic carbocycles. The van der Waals surface area contributed by atoms with Crippen LogP contribution in [0.25, 0.3) is 9.40 Å². The molecule has 0 N–H and O–H groups in total. The maximum absolute atomic E-state index is 13.6. The largest absolute Gasteiger partial charge is 0.207 e. The van der Waals surface area contributed by atoms with E-state index in [4.69, 9.17) is 11.6 Å². The first-order valence-corrected chi connectivity index (χ1v) is 7.34. The fourth-order valence-corrected chi connectivity index (χ4v) is 4.25. The zero-order valence-corrected chi connectivity index (χ0v) is 11.4. The summed E-state index contributed by atoms with van der Waals surface area (Å²) in [6.07, 6.45) is 0. The van der Waals surface area contributed by atoms with Crippen LogP contribution in [-0.2, 0) is 0 Å². The van der Waals surface area contributed by atoms with E-state index >= 15 is 0 Å². The topological polar surface area (TPSA) is 0 Å². The van der Waals surface area contributed by atoms with Crippen LogP contribution in [0.4, 0.5) is 8.78 Å². The third-order valence-electron chi connectivity index (χ3n) is 2.64. The summed E-state index contributed by atoms with van der Waals surface area (Å²) < 4.78 is 29.0.